The maximum atomic E-state index is 11.2. The first-order valence-corrected chi connectivity index (χ1v) is 19.2. The van der Waals surface area contributed by atoms with Crippen molar-refractivity contribution in [2.75, 3.05) is 0 Å². The van der Waals surface area contributed by atoms with E-state index in [4.69, 9.17) is 15.4 Å². The van der Waals surface area contributed by atoms with Crippen LogP contribution in [-0.4, -0.2) is 9.13 Å². The van der Waals surface area contributed by atoms with Gasteiger partial charge in [0.25, 0.3) is 0 Å². The fraction of sp³-hybridized carbons (Fsp3) is 0. The van der Waals surface area contributed by atoms with Gasteiger partial charge in [-0.2, -0.15) is 5.26 Å². The third-order valence-corrected chi connectivity index (χ3v) is 12.1. The largest absolute Gasteiger partial charge is 0.456 e. The lowest BCUT2D eigenvalue weighted by Crippen LogP contribution is -2.02. The molecule has 0 amide bonds. The minimum atomic E-state index is 0.423. The van der Waals surface area contributed by atoms with Crippen LogP contribution in [0.2, 0.25) is 0 Å². The number of benzene rings is 9. The van der Waals surface area contributed by atoms with Crippen molar-refractivity contribution in [3.8, 4) is 17.4 Å². The third-order valence-electron chi connectivity index (χ3n) is 12.1. The molecule has 0 spiro atoms. The molecule has 0 radical (unpaired) electrons. The summed E-state index contributed by atoms with van der Waals surface area (Å²) in [5, 5.41) is 23.8. The van der Waals surface area contributed by atoms with Crippen LogP contribution in [0.15, 0.2) is 167 Å². The highest BCUT2D eigenvalue weighted by atomic mass is 16.3. The first-order valence-electron chi connectivity index (χ1n) is 19.2. The van der Waals surface area contributed by atoms with Crippen LogP contribution in [0.4, 0.5) is 5.69 Å². The van der Waals surface area contributed by atoms with Gasteiger partial charge in [0, 0.05) is 32.3 Å². The summed E-state index contributed by atoms with van der Waals surface area (Å²) in [6, 6.07) is 56.3. The van der Waals surface area contributed by atoms with Crippen LogP contribution in [0.25, 0.3) is 125 Å². The number of nitriles is 1. The molecular formula is C52H26N4O2. The minimum absolute atomic E-state index is 0.423. The van der Waals surface area contributed by atoms with Gasteiger partial charge in [0.2, 0.25) is 5.69 Å². The number of hydrogen-bond acceptors (Lipinski definition) is 3. The molecule has 9 aromatic carbocycles. The highest BCUT2D eigenvalue weighted by Crippen LogP contribution is 2.47. The van der Waals surface area contributed by atoms with Crippen LogP contribution in [-0.2, 0) is 0 Å². The van der Waals surface area contributed by atoms with E-state index in [1.807, 2.05) is 54.6 Å². The number of para-hydroxylation sites is 2. The lowest BCUT2D eigenvalue weighted by Gasteiger charge is -2.16. The summed E-state index contributed by atoms with van der Waals surface area (Å²) in [6.07, 6.45) is 0. The SMILES string of the molecule is [C-]#[N+]c1cc(-n2c3ccccc3c3ccc4oc5ccc6ccccc6c5c4c32)c(C#N)cc1-n1c2ccccc2c2ccc3oc4ccc5ccccc5c4c3c21. The van der Waals surface area contributed by atoms with Gasteiger partial charge in [-0.15, -0.1) is 0 Å². The van der Waals surface area contributed by atoms with Crippen molar-refractivity contribution in [2.24, 2.45) is 0 Å². The van der Waals surface area contributed by atoms with E-state index in [0.717, 1.165) is 109 Å². The summed E-state index contributed by atoms with van der Waals surface area (Å²) in [6.45, 7) is 8.74. The van der Waals surface area contributed by atoms with Gasteiger partial charge in [0.15, 0.2) is 0 Å². The van der Waals surface area contributed by atoms with Gasteiger partial charge in [0.05, 0.1) is 56.3 Å². The molecule has 0 N–H and O–H groups in total. The van der Waals surface area contributed by atoms with Gasteiger partial charge in [-0.1, -0.05) is 97.1 Å². The van der Waals surface area contributed by atoms with E-state index < -0.39 is 0 Å². The fourth-order valence-electron chi connectivity index (χ4n) is 9.77. The Balaban J connectivity index is 1.19. The van der Waals surface area contributed by atoms with Crippen molar-refractivity contribution in [3.05, 3.63) is 175 Å². The highest BCUT2D eigenvalue weighted by molar-refractivity contribution is 6.31. The van der Waals surface area contributed by atoms with E-state index >= 15 is 0 Å². The van der Waals surface area contributed by atoms with Gasteiger partial charge < -0.3 is 18.0 Å². The Hall–Kier alpha value is -8.32. The summed E-state index contributed by atoms with van der Waals surface area (Å²) in [5.74, 6) is 0. The topological polar surface area (TPSA) is 64.3 Å². The van der Waals surface area contributed by atoms with Gasteiger partial charge >= 0.3 is 0 Å². The molecule has 58 heavy (non-hydrogen) atoms. The third kappa shape index (κ3) is 3.88. The van der Waals surface area contributed by atoms with E-state index in [1.165, 1.54) is 0 Å². The average Bonchev–Trinajstić information content (AvgIpc) is 4.03. The number of aromatic nitrogens is 2. The maximum Gasteiger partial charge on any atom is 0.212 e. The Morgan fingerprint density at radius 2 is 0.897 bits per heavy atom. The average molecular weight is 739 g/mol. The van der Waals surface area contributed by atoms with Crippen molar-refractivity contribution in [1.82, 2.24) is 9.13 Å². The predicted octanol–water partition coefficient (Wildman–Crippen LogP) is 14.4. The van der Waals surface area contributed by atoms with E-state index in [0.29, 0.717) is 22.6 Å². The van der Waals surface area contributed by atoms with Crippen molar-refractivity contribution < 1.29 is 8.83 Å². The molecule has 0 fully saturated rings. The van der Waals surface area contributed by atoms with Crippen molar-refractivity contribution in [3.63, 3.8) is 0 Å². The summed E-state index contributed by atoms with van der Waals surface area (Å²) < 4.78 is 17.4. The Labute approximate surface area is 329 Å². The molecule has 6 heteroatoms. The molecule has 0 aliphatic heterocycles. The van der Waals surface area contributed by atoms with Gasteiger partial charge in [-0.3, -0.25) is 0 Å². The number of hydrogen-bond donors (Lipinski definition) is 0. The molecule has 0 saturated carbocycles. The zero-order valence-electron chi connectivity index (χ0n) is 30.6. The summed E-state index contributed by atoms with van der Waals surface area (Å²) in [7, 11) is 0. The van der Waals surface area contributed by atoms with E-state index in [-0.39, 0.29) is 0 Å². The maximum absolute atomic E-state index is 11.2. The molecule has 0 atom stereocenters. The molecule has 266 valence electrons. The number of fused-ring (bicyclic) bond motifs is 18. The number of rotatable bonds is 2. The second kappa shape index (κ2) is 11.1. The van der Waals surface area contributed by atoms with Gasteiger partial charge in [-0.25, -0.2) is 4.85 Å². The lowest BCUT2D eigenvalue weighted by atomic mass is 10.0. The van der Waals surface area contributed by atoms with E-state index in [2.05, 4.69) is 123 Å². The molecule has 4 aromatic heterocycles. The fourth-order valence-corrected chi connectivity index (χ4v) is 9.77. The van der Waals surface area contributed by atoms with Crippen LogP contribution in [0.3, 0.4) is 0 Å². The molecule has 0 aliphatic carbocycles. The smallest absolute Gasteiger partial charge is 0.212 e. The van der Waals surface area contributed by atoms with E-state index in [9.17, 15) is 5.26 Å². The Bertz CT molecular complexity index is 3800. The first-order chi connectivity index (χ1) is 28.7. The minimum Gasteiger partial charge on any atom is -0.456 e. The number of nitrogens with zero attached hydrogens (tertiary/aromatic N) is 4. The second-order valence-electron chi connectivity index (χ2n) is 15.0. The van der Waals surface area contributed by atoms with Crippen molar-refractivity contribution >= 4 is 115 Å². The second-order valence-corrected chi connectivity index (χ2v) is 15.0. The lowest BCUT2D eigenvalue weighted by molar-refractivity contribution is 0.669. The van der Waals surface area contributed by atoms with Gasteiger partial charge in [-0.05, 0) is 82.2 Å². The molecule has 4 heterocycles. The van der Waals surface area contributed by atoms with Crippen molar-refractivity contribution in [2.45, 2.75) is 0 Å². The van der Waals surface area contributed by atoms with Crippen LogP contribution in [0.5, 0.6) is 0 Å². The quantitative estimate of drug-likeness (QED) is 0.166. The van der Waals surface area contributed by atoms with Crippen LogP contribution >= 0.6 is 0 Å². The highest BCUT2D eigenvalue weighted by Gasteiger charge is 2.26. The standard InChI is InChI=1S/C52H26N4O2/c1-54-38-27-41(55-39-16-8-6-14-34(39)36-20-24-45-49(51(36)55)47-32-12-4-2-10-29(32)18-22-43(47)57-45)31(28-53)26-42(38)56-40-17-9-7-15-35(40)37-21-25-46-50(52(37)56)48-33-13-5-3-11-30(33)19-23-44(48)58-46/h2-27H. The first kappa shape index (κ1) is 30.9. The molecule has 0 saturated heterocycles. The zero-order valence-corrected chi connectivity index (χ0v) is 30.6. The normalized spacial score (nSPS) is 12.1. The van der Waals surface area contributed by atoms with Gasteiger partial charge in [0.1, 0.15) is 28.4 Å². The van der Waals surface area contributed by atoms with Crippen LogP contribution < -0.4 is 0 Å². The summed E-state index contributed by atoms with van der Waals surface area (Å²) in [4.78, 5) is 4.23. The molecule has 0 unspecified atom stereocenters. The van der Waals surface area contributed by atoms with E-state index in [1.54, 1.807) is 0 Å². The summed E-state index contributed by atoms with van der Waals surface area (Å²) >= 11 is 0. The number of furan rings is 2. The molecule has 0 aliphatic rings. The monoisotopic (exact) mass is 738 g/mol. The Kier molecular flexibility index (Phi) is 5.94. The zero-order chi connectivity index (χ0) is 38.2. The summed E-state index contributed by atoms with van der Waals surface area (Å²) in [5.41, 5.74) is 9.01. The van der Waals surface area contributed by atoms with Crippen LogP contribution in [0, 0.1) is 17.9 Å². The molecule has 13 rings (SSSR count). The van der Waals surface area contributed by atoms with Crippen LogP contribution in [0.1, 0.15) is 5.56 Å². The molecule has 0 bridgehead atoms. The Morgan fingerprint density at radius 1 is 0.448 bits per heavy atom. The Morgan fingerprint density at radius 3 is 1.41 bits per heavy atom. The van der Waals surface area contributed by atoms with Crippen molar-refractivity contribution in [1.29, 1.82) is 5.26 Å². The molecular weight excluding hydrogens is 713 g/mol. The molecule has 13 aromatic rings. The molecule has 6 nitrogen and oxygen atoms in total. The predicted molar refractivity (Wildman–Crippen MR) is 236 cm³/mol.